The van der Waals surface area contributed by atoms with Crippen LogP contribution in [0, 0.1) is 5.82 Å². The number of halogens is 1. The zero-order chi connectivity index (χ0) is 22.5. The molecule has 3 heterocycles. The van der Waals surface area contributed by atoms with Gasteiger partial charge in [-0.1, -0.05) is 0 Å². The van der Waals surface area contributed by atoms with E-state index in [1.54, 1.807) is 22.4 Å². The summed E-state index contributed by atoms with van der Waals surface area (Å²) in [6, 6.07) is 8.53. The molecule has 0 spiro atoms. The molecule has 2 N–H and O–H groups in total. The van der Waals surface area contributed by atoms with Gasteiger partial charge in [0.15, 0.2) is 10.9 Å². The SMILES string of the molecule is O=C(NC1CCN(C(=O)Cc2csc(NC(=O)c3ccco3)n2)CC1)c1ccc(F)cc1. The quantitative estimate of drug-likeness (QED) is 0.593. The lowest BCUT2D eigenvalue weighted by Crippen LogP contribution is -2.47. The summed E-state index contributed by atoms with van der Waals surface area (Å²) in [6.07, 6.45) is 2.83. The van der Waals surface area contributed by atoms with Crippen LogP contribution in [0.5, 0.6) is 0 Å². The average molecular weight is 456 g/mol. The Labute approximate surface area is 187 Å². The van der Waals surface area contributed by atoms with Crippen LogP contribution in [-0.4, -0.2) is 46.7 Å². The number of hydrogen-bond acceptors (Lipinski definition) is 6. The summed E-state index contributed by atoms with van der Waals surface area (Å²) in [6.45, 7) is 1.05. The number of furan rings is 1. The monoisotopic (exact) mass is 456 g/mol. The molecule has 8 nitrogen and oxygen atoms in total. The van der Waals surface area contributed by atoms with E-state index < -0.39 is 5.91 Å². The molecule has 3 amide bonds. The summed E-state index contributed by atoms with van der Waals surface area (Å²) in [5.74, 6) is -0.899. The zero-order valence-electron chi connectivity index (χ0n) is 17.0. The molecule has 0 aliphatic carbocycles. The fourth-order valence-corrected chi connectivity index (χ4v) is 4.13. The van der Waals surface area contributed by atoms with Crippen LogP contribution >= 0.6 is 11.3 Å². The van der Waals surface area contributed by atoms with E-state index in [2.05, 4.69) is 15.6 Å². The number of benzene rings is 1. The highest BCUT2D eigenvalue weighted by Gasteiger charge is 2.25. The molecule has 4 rings (SSSR count). The maximum Gasteiger partial charge on any atom is 0.293 e. The van der Waals surface area contributed by atoms with Gasteiger partial charge in [0, 0.05) is 30.1 Å². The first-order valence-electron chi connectivity index (χ1n) is 10.1. The number of anilines is 1. The van der Waals surface area contributed by atoms with E-state index in [9.17, 15) is 18.8 Å². The van der Waals surface area contributed by atoms with Crippen LogP contribution in [0.15, 0.2) is 52.5 Å². The summed E-state index contributed by atoms with van der Waals surface area (Å²) in [4.78, 5) is 43.0. The van der Waals surface area contributed by atoms with Crippen LogP contribution in [0.2, 0.25) is 0 Å². The van der Waals surface area contributed by atoms with Gasteiger partial charge in [-0.3, -0.25) is 19.7 Å². The number of likely N-dealkylation sites (tertiary alicyclic amines) is 1. The normalized spacial score (nSPS) is 14.2. The van der Waals surface area contributed by atoms with Gasteiger partial charge in [0.2, 0.25) is 5.91 Å². The molecular weight excluding hydrogens is 435 g/mol. The molecule has 166 valence electrons. The first-order chi connectivity index (χ1) is 15.5. The molecule has 0 unspecified atom stereocenters. The van der Waals surface area contributed by atoms with Crippen molar-refractivity contribution in [2.45, 2.75) is 25.3 Å². The number of thiazole rings is 1. The number of amides is 3. The first-order valence-corrected chi connectivity index (χ1v) is 11.0. The Bertz CT molecular complexity index is 1090. The van der Waals surface area contributed by atoms with Gasteiger partial charge >= 0.3 is 0 Å². The lowest BCUT2D eigenvalue weighted by Gasteiger charge is -2.32. The number of rotatable bonds is 6. The first kappa shape index (κ1) is 21.7. The highest BCUT2D eigenvalue weighted by Crippen LogP contribution is 2.19. The Morgan fingerprint density at radius 2 is 1.88 bits per heavy atom. The Morgan fingerprint density at radius 1 is 1.12 bits per heavy atom. The molecular formula is C22H21FN4O4S. The summed E-state index contributed by atoms with van der Waals surface area (Å²) in [7, 11) is 0. The number of hydrogen-bond donors (Lipinski definition) is 2. The molecule has 0 bridgehead atoms. The van der Waals surface area contributed by atoms with Crippen LogP contribution in [-0.2, 0) is 11.2 Å². The number of carbonyl (C=O) groups is 3. The van der Waals surface area contributed by atoms with Gasteiger partial charge in [0.25, 0.3) is 11.8 Å². The highest BCUT2D eigenvalue weighted by atomic mass is 32.1. The van der Waals surface area contributed by atoms with Gasteiger partial charge < -0.3 is 14.6 Å². The predicted octanol–water partition coefficient (Wildman–Crippen LogP) is 3.09. The summed E-state index contributed by atoms with van der Waals surface area (Å²) in [5.41, 5.74) is 0.991. The van der Waals surface area contributed by atoms with Crippen molar-refractivity contribution in [3.8, 4) is 0 Å². The van der Waals surface area contributed by atoms with E-state index in [1.165, 1.54) is 41.9 Å². The van der Waals surface area contributed by atoms with Crippen molar-refractivity contribution in [1.29, 1.82) is 0 Å². The average Bonchev–Trinajstić information content (AvgIpc) is 3.47. The van der Waals surface area contributed by atoms with Gasteiger partial charge in [-0.2, -0.15) is 0 Å². The number of nitrogens with zero attached hydrogens (tertiary/aromatic N) is 2. The lowest BCUT2D eigenvalue weighted by atomic mass is 10.0. The molecule has 1 saturated heterocycles. The van der Waals surface area contributed by atoms with Gasteiger partial charge in [-0.25, -0.2) is 9.37 Å². The van der Waals surface area contributed by atoms with Crippen molar-refractivity contribution < 1.29 is 23.2 Å². The van der Waals surface area contributed by atoms with E-state index >= 15 is 0 Å². The van der Waals surface area contributed by atoms with Crippen LogP contribution < -0.4 is 10.6 Å². The van der Waals surface area contributed by atoms with Crippen molar-refractivity contribution in [3.63, 3.8) is 0 Å². The van der Waals surface area contributed by atoms with Gasteiger partial charge in [-0.15, -0.1) is 11.3 Å². The maximum absolute atomic E-state index is 13.0. The fourth-order valence-electron chi connectivity index (χ4n) is 3.42. The zero-order valence-corrected chi connectivity index (χ0v) is 17.9. The third-order valence-electron chi connectivity index (χ3n) is 5.14. The fraction of sp³-hybridized carbons (Fsp3) is 0.273. The third kappa shape index (κ3) is 5.38. The van der Waals surface area contributed by atoms with E-state index in [1.807, 2.05) is 0 Å². The molecule has 1 aromatic carbocycles. The van der Waals surface area contributed by atoms with Crippen molar-refractivity contribution in [2.24, 2.45) is 0 Å². The van der Waals surface area contributed by atoms with Crippen LogP contribution in [0.1, 0.15) is 39.4 Å². The lowest BCUT2D eigenvalue weighted by molar-refractivity contribution is -0.131. The van der Waals surface area contributed by atoms with Crippen molar-refractivity contribution in [3.05, 3.63) is 70.9 Å². The van der Waals surface area contributed by atoms with Crippen LogP contribution in [0.25, 0.3) is 0 Å². The summed E-state index contributed by atoms with van der Waals surface area (Å²) < 4.78 is 18.0. The Balaban J connectivity index is 1.23. The van der Waals surface area contributed by atoms with Gasteiger partial charge in [-0.05, 0) is 49.2 Å². The molecule has 1 aliphatic heterocycles. The highest BCUT2D eigenvalue weighted by molar-refractivity contribution is 7.14. The number of nitrogens with one attached hydrogen (secondary N) is 2. The van der Waals surface area contributed by atoms with Gasteiger partial charge in [0.05, 0.1) is 18.4 Å². The topological polar surface area (TPSA) is 105 Å². The van der Waals surface area contributed by atoms with Crippen LogP contribution in [0.3, 0.4) is 0 Å². The maximum atomic E-state index is 13.0. The number of aromatic nitrogens is 1. The minimum absolute atomic E-state index is 0.0423. The Kier molecular flexibility index (Phi) is 6.60. The standard InChI is InChI=1S/C22H21FN4O4S/c23-15-5-3-14(4-6-15)20(29)24-16-7-9-27(10-8-16)19(28)12-17-13-32-22(25-17)26-21(30)18-2-1-11-31-18/h1-6,11,13,16H,7-10,12H2,(H,24,29)(H,25,26,30). The minimum Gasteiger partial charge on any atom is -0.459 e. The number of piperidine rings is 1. The summed E-state index contributed by atoms with van der Waals surface area (Å²) >= 11 is 1.24. The van der Waals surface area contributed by atoms with Crippen molar-refractivity contribution in [2.75, 3.05) is 18.4 Å². The van der Waals surface area contributed by atoms with Gasteiger partial charge in [0.1, 0.15) is 5.82 Å². The van der Waals surface area contributed by atoms with E-state index in [4.69, 9.17) is 4.42 Å². The van der Waals surface area contributed by atoms with E-state index in [-0.39, 0.29) is 35.9 Å². The molecule has 32 heavy (non-hydrogen) atoms. The molecule has 0 radical (unpaired) electrons. The second-order valence-corrected chi connectivity index (χ2v) is 8.25. The number of carbonyl (C=O) groups excluding carboxylic acids is 3. The Hall–Kier alpha value is -3.53. The molecule has 2 aromatic heterocycles. The van der Waals surface area contributed by atoms with E-state index in [0.717, 1.165) is 0 Å². The Morgan fingerprint density at radius 3 is 2.56 bits per heavy atom. The summed E-state index contributed by atoms with van der Waals surface area (Å²) in [5, 5.41) is 7.73. The van der Waals surface area contributed by atoms with Crippen molar-refractivity contribution in [1.82, 2.24) is 15.2 Å². The largest absolute Gasteiger partial charge is 0.459 e. The molecule has 3 aromatic rings. The molecule has 0 atom stereocenters. The third-order valence-corrected chi connectivity index (χ3v) is 5.95. The molecule has 0 saturated carbocycles. The molecule has 1 fully saturated rings. The van der Waals surface area contributed by atoms with E-state index in [0.29, 0.717) is 42.3 Å². The van der Waals surface area contributed by atoms with Crippen molar-refractivity contribution >= 4 is 34.2 Å². The molecule has 10 heteroatoms. The predicted molar refractivity (Wildman–Crippen MR) is 116 cm³/mol. The van der Waals surface area contributed by atoms with Crippen LogP contribution in [0.4, 0.5) is 9.52 Å². The smallest absolute Gasteiger partial charge is 0.293 e. The second-order valence-electron chi connectivity index (χ2n) is 7.39. The minimum atomic E-state index is -0.396. The molecule has 1 aliphatic rings. The second kappa shape index (κ2) is 9.73.